The fourth-order valence-corrected chi connectivity index (χ4v) is 2.05. The normalized spacial score (nSPS) is 14.0. The molecule has 0 aromatic heterocycles. The van der Waals surface area contributed by atoms with Crippen LogP contribution in [0, 0.1) is 0 Å². The van der Waals surface area contributed by atoms with Crippen LogP contribution in [0.3, 0.4) is 0 Å². The predicted octanol–water partition coefficient (Wildman–Crippen LogP) is 1.63. The fourth-order valence-electron chi connectivity index (χ4n) is 0.684. The fraction of sp³-hybridized carbons (Fsp3) is 0.750. The molecule has 0 heterocycles. The summed E-state index contributed by atoms with van der Waals surface area (Å²) in [6.07, 6.45) is 2.35. The lowest BCUT2D eigenvalue weighted by molar-refractivity contribution is 0.496. The molecule has 0 aromatic carbocycles. The first-order valence-electron chi connectivity index (χ1n) is 3.97. The van der Waals surface area contributed by atoms with E-state index in [9.17, 15) is 8.42 Å². The highest BCUT2D eigenvalue weighted by atomic mass is 32.2. The second-order valence-electron chi connectivity index (χ2n) is 3.68. The van der Waals surface area contributed by atoms with Gasteiger partial charge in [-0.1, -0.05) is 13.0 Å². The minimum atomic E-state index is -3.23. The summed E-state index contributed by atoms with van der Waals surface area (Å²) in [5.41, 5.74) is -0.406. The number of allylic oxidation sites excluding steroid dienone is 1. The molecule has 0 fully saturated rings. The minimum Gasteiger partial charge on any atom is -0.208 e. The third kappa shape index (κ3) is 6.37. The van der Waals surface area contributed by atoms with Crippen LogP contribution in [0.25, 0.3) is 0 Å². The molecule has 0 radical (unpaired) electrons. The van der Waals surface area contributed by atoms with Gasteiger partial charge < -0.3 is 0 Å². The molecule has 4 heteroatoms. The third-order valence-electron chi connectivity index (χ3n) is 0.960. The van der Waals surface area contributed by atoms with E-state index >= 15 is 0 Å². The Morgan fingerprint density at radius 2 is 1.83 bits per heavy atom. The molecule has 0 aromatic rings. The van der Waals surface area contributed by atoms with Gasteiger partial charge in [-0.2, -0.15) is 0 Å². The number of hydrogen-bond donors (Lipinski definition) is 1. The van der Waals surface area contributed by atoms with Crippen LogP contribution >= 0.6 is 0 Å². The molecule has 72 valence electrons. The van der Waals surface area contributed by atoms with Gasteiger partial charge in [-0.25, -0.2) is 13.1 Å². The van der Waals surface area contributed by atoms with Crippen molar-refractivity contribution in [2.45, 2.75) is 39.7 Å². The Bertz CT molecular complexity index is 247. The maximum absolute atomic E-state index is 11.2. The van der Waals surface area contributed by atoms with E-state index in [1.807, 2.05) is 27.7 Å². The Labute approximate surface area is 74.9 Å². The van der Waals surface area contributed by atoms with Crippen molar-refractivity contribution < 1.29 is 8.42 Å². The van der Waals surface area contributed by atoms with Crippen molar-refractivity contribution in [3.8, 4) is 0 Å². The van der Waals surface area contributed by atoms with Gasteiger partial charge in [0.1, 0.15) is 0 Å². The first-order valence-corrected chi connectivity index (χ1v) is 5.52. The van der Waals surface area contributed by atoms with E-state index in [-0.39, 0.29) is 0 Å². The predicted molar refractivity (Wildman–Crippen MR) is 51.2 cm³/mol. The maximum atomic E-state index is 11.2. The van der Waals surface area contributed by atoms with Gasteiger partial charge in [0, 0.05) is 10.9 Å². The smallest absolute Gasteiger partial charge is 0.208 e. The SMILES string of the molecule is CCC=CS(=O)(=O)NC(C)(C)C. The summed E-state index contributed by atoms with van der Waals surface area (Å²) < 4.78 is 24.9. The zero-order valence-corrected chi connectivity index (χ0v) is 8.90. The third-order valence-corrected chi connectivity index (χ3v) is 2.41. The number of hydrogen-bond acceptors (Lipinski definition) is 2. The first-order chi connectivity index (χ1) is 5.27. The zero-order valence-electron chi connectivity index (χ0n) is 8.09. The summed E-state index contributed by atoms with van der Waals surface area (Å²) in [4.78, 5) is 0. The van der Waals surface area contributed by atoms with Gasteiger partial charge in [0.2, 0.25) is 10.0 Å². The molecule has 0 bridgehead atoms. The van der Waals surface area contributed by atoms with Gasteiger partial charge in [0.05, 0.1) is 0 Å². The highest BCUT2D eigenvalue weighted by Crippen LogP contribution is 2.02. The van der Waals surface area contributed by atoms with Crippen LogP contribution < -0.4 is 4.72 Å². The molecular weight excluding hydrogens is 174 g/mol. The first kappa shape index (κ1) is 11.6. The van der Waals surface area contributed by atoms with E-state index in [1.165, 1.54) is 5.41 Å². The minimum absolute atomic E-state index is 0.406. The van der Waals surface area contributed by atoms with Crippen molar-refractivity contribution in [1.29, 1.82) is 0 Å². The van der Waals surface area contributed by atoms with Crippen molar-refractivity contribution in [2.75, 3.05) is 0 Å². The topological polar surface area (TPSA) is 46.2 Å². The molecule has 0 saturated heterocycles. The maximum Gasteiger partial charge on any atom is 0.233 e. The van der Waals surface area contributed by atoms with Crippen LogP contribution in [0.15, 0.2) is 11.5 Å². The Hall–Kier alpha value is -0.350. The lowest BCUT2D eigenvalue weighted by atomic mass is 10.1. The van der Waals surface area contributed by atoms with E-state index < -0.39 is 15.6 Å². The molecule has 0 unspecified atom stereocenters. The van der Waals surface area contributed by atoms with E-state index in [4.69, 9.17) is 0 Å². The Morgan fingerprint density at radius 3 is 2.17 bits per heavy atom. The summed E-state index contributed by atoms with van der Waals surface area (Å²) in [5.74, 6) is 0. The molecule has 0 saturated carbocycles. The van der Waals surface area contributed by atoms with Gasteiger partial charge in [0.15, 0.2) is 0 Å². The molecule has 0 aliphatic carbocycles. The molecule has 0 aliphatic heterocycles. The lowest BCUT2D eigenvalue weighted by Gasteiger charge is -2.18. The molecule has 12 heavy (non-hydrogen) atoms. The summed E-state index contributed by atoms with van der Waals surface area (Å²) >= 11 is 0. The molecule has 0 rings (SSSR count). The molecular formula is C8H17NO2S. The number of rotatable bonds is 3. The summed E-state index contributed by atoms with van der Waals surface area (Å²) in [6.45, 7) is 7.32. The van der Waals surface area contributed by atoms with Crippen LogP contribution in [0.1, 0.15) is 34.1 Å². The molecule has 0 atom stereocenters. The van der Waals surface area contributed by atoms with Crippen molar-refractivity contribution in [3.05, 3.63) is 11.5 Å². The average Bonchev–Trinajstić information content (AvgIpc) is 1.78. The van der Waals surface area contributed by atoms with Crippen molar-refractivity contribution in [1.82, 2.24) is 4.72 Å². The van der Waals surface area contributed by atoms with Crippen molar-refractivity contribution in [3.63, 3.8) is 0 Å². The lowest BCUT2D eigenvalue weighted by Crippen LogP contribution is -2.39. The van der Waals surface area contributed by atoms with Crippen LogP contribution in [0.4, 0.5) is 0 Å². The molecule has 0 aliphatic rings. The average molecular weight is 191 g/mol. The zero-order chi connectivity index (χ0) is 9.83. The quantitative estimate of drug-likeness (QED) is 0.737. The van der Waals surface area contributed by atoms with Crippen LogP contribution in [-0.4, -0.2) is 14.0 Å². The monoisotopic (exact) mass is 191 g/mol. The Kier molecular flexibility index (Phi) is 3.93. The summed E-state index contributed by atoms with van der Waals surface area (Å²) in [6, 6.07) is 0. The molecule has 3 nitrogen and oxygen atoms in total. The number of nitrogens with one attached hydrogen (secondary N) is 1. The molecule has 0 spiro atoms. The number of sulfonamides is 1. The van der Waals surface area contributed by atoms with Gasteiger partial charge >= 0.3 is 0 Å². The Balaban J connectivity index is 4.36. The highest BCUT2D eigenvalue weighted by molar-refractivity contribution is 7.92. The largest absolute Gasteiger partial charge is 0.233 e. The second-order valence-corrected chi connectivity index (χ2v) is 5.24. The van der Waals surface area contributed by atoms with Crippen molar-refractivity contribution in [2.24, 2.45) is 0 Å². The van der Waals surface area contributed by atoms with Gasteiger partial charge in [-0.15, -0.1) is 0 Å². The van der Waals surface area contributed by atoms with Gasteiger partial charge in [-0.05, 0) is 27.2 Å². The van der Waals surface area contributed by atoms with Crippen molar-refractivity contribution >= 4 is 10.0 Å². The van der Waals surface area contributed by atoms with E-state index in [0.717, 1.165) is 6.42 Å². The van der Waals surface area contributed by atoms with E-state index in [2.05, 4.69) is 4.72 Å². The van der Waals surface area contributed by atoms with E-state index in [0.29, 0.717) is 0 Å². The summed E-state index contributed by atoms with van der Waals surface area (Å²) in [5, 5.41) is 1.21. The van der Waals surface area contributed by atoms with Gasteiger partial charge in [0.25, 0.3) is 0 Å². The Morgan fingerprint density at radius 1 is 1.33 bits per heavy atom. The molecule has 1 N–H and O–H groups in total. The highest BCUT2D eigenvalue weighted by Gasteiger charge is 2.16. The van der Waals surface area contributed by atoms with Gasteiger partial charge in [-0.3, -0.25) is 0 Å². The van der Waals surface area contributed by atoms with Crippen LogP contribution in [0.5, 0.6) is 0 Å². The van der Waals surface area contributed by atoms with Crippen LogP contribution in [-0.2, 0) is 10.0 Å². The second kappa shape index (κ2) is 4.05. The summed E-state index contributed by atoms with van der Waals surface area (Å²) in [7, 11) is -3.23. The van der Waals surface area contributed by atoms with E-state index in [1.54, 1.807) is 6.08 Å². The van der Waals surface area contributed by atoms with Crippen LogP contribution in [0.2, 0.25) is 0 Å². The standard InChI is InChI=1S/C8H17NO2S/c1-5-6-7-12(10,11)9-8(2,3)4/h6-7,9H,5H2,1-4H3. The molecule has 0 amide bonds.